The van der Waals surface area contributed by atoms with E-state index in [0.29, 0.717) is 50.8 Å². The third kappa shape index (κ3) is 20.6. The summed E-state index contributed by atoms with van der Waals surface area (Å²) in [6.45, 7) is 4.78. The zero-order valence-electron chi connectivity index (χ0n) is 42.7. The molecule has 1 fully saturated rings. The van der Waals surface area contributed by atoms with Gasteiger partial charge in [-0.15, -0.1) is 0 Å². The lowest BCUT2D eigenvalue weighted by Crippen LogP contribution is -2.48. The summed E-state index contributed by atoms with van der Waals surface area (Å²) >= 11 is 0. The smallest absolute Gasteiger partial charge is 0.328 e. The molecule has 16 nitrogen and oxygen atoms in total. The lowest BCUT2D eigenvalue weighted by molar-refractivity contribution is -0.192. The summed E-state index contributed by atoms with van der Waals surface area (Å²) < 4.78 is 11.5. The molecule has 16 heteroatoms. The Morgan fingerprint density at radius 3 is 2.12 bits per heavy atom. The lowest BCUT2D eigenvalue weighted by Gasteiger charge is -2.25. The number of nitrogens with two attached hydrogens (primary N) is 1. The van der Waals surface area contributed by atoms with Crippen molar-refractivity contribution in [1.82, 2.24) is 20.8 Å². The van der Waals surface area contributed by atoms with Gasteiger partial charge in [0.05, 0.1) is 12.0 Å². The van der Waals surface area contributed by atoms with Crippen LogP contribution in [-0.2, 0) is 56.3 Å². The van der Waals surface area contributed by atoms with Crippen molar-refractivity contribution in [2.45, 2.75) is 186 Å². The SMILES string of the molecule is CCCCCCCCCCCCCCCC(=O)N(CCCC[C@H](NC(=O)[C@@H]1COC(c2ccc(N)cc2O)=N1)C(=O)O[C@H](C)CC(=O)N[C@H]1CCCCN(OCc2ccccc2)C1=O)OCc1ccccc1. The van der Waals surface area contributed by atoms with Crippen LogP contribution in [-0.4, -0.2) is 94.7 Å². The van der Waals surface area contributed by atoms with Crippen LogP contribution in [0.2, 0.25) is 0 Å². The van der Waals surface area contributed by atoms with Gasteiger partial charge in [-0.2, -0.15) is 0 Å². The number of anilines is 1. The van der Waals surface area contributed by atoms with Gasteiger partial charge in [0.15, 0.2) is 6.04 Å². The second kappa shape index (κ2) is 32.2. The highest BCUT2D eigenvalue weighted by Crippen LogP contribution is 2.25. The number of hydroxylamine groups is 4. The molecule has 3 aromatic rings. The molecule has 3 aromatic carbocycles. The Morgan fingerprint density at radius 1 is 0.833 bits per heavy atom. The van der Waals surface area contributed by atoms with E-state index in [0.717, 1.165) is 30.4 Å². The number of aliphatic imine (C=N–C) groups is 1. The summed E-state index contributed by atoms with van der Waals surface area (Å²) in [7, 11) is 0. The minimum atomic E-state index is -1.15. The highest BCUT2D eigenvalue weighted by atomic mass is 16.7. The minimum absolute atomic E-state index is 0.0588. The number of aromatic hydroxyl groups is 1. The van der Waals surface area contributed by atoms with Gasteiger partial charge in [-0.3, -0.25) is 28.9 Å². The van der Waals surface area contributed by atoms with Crippen LogP contribution in [0.5, 0.6) is 5.75 Å². The first-order valence-electron chi connectivity index (χ1n) is 26.6. The predicted molar refractivity (Wildman–Crippen MR) is 277 cm³/mol. The Hall–Kier alpha value is -6.00. The van der Waals surface area contributed by atoms with Crippen molar-refractivity contribution < 1.29 is 48.2 Å². The molecule has 0 bridgehead atoms. The Balaban J connectivity index is 1.15. The van der Waals surface area contributed by atoms with Gasteiger partial charge >= 0.3 is 5.97 Å². The Labute approximate surface area is 426 Å². The minimum Gasteiger partial charge on any atom is -0.507 e. The second-order valence-corrected chi connectivity index (χ2v) is 19.1. The molecule has 0 aliphatic carbocycles. The molecule has 5 N–H and O–H groups in total. The monoisotopic (exact) mass is 997 g/mol. The number of phenols is 1. The van der Waals surface area contributed by atoms with Crippen LogP contribution in [0.25, 0.3) is 0 Å². The summed E-state index contributed by atoms with van der Waals surface area (Å²) in [4.78, 5) is 84.3. The first kappa shape index (κ1) is 56.9. The summed E-state index contributed by atoms with van der Waals surface area (Å²) in [6.07, 6.45) is 17.8. The van der Waals surface area contributed by atoms with Crippen LogP contribution in [0.3, 0.4) is 0 Å². The molecule has 0 unspecified atom stereocenters. The average molecular weight is 997 g/mol. The molecular formula is C56H80N6O10. The number of amides is 4. The number of carbonyl (C=O) groups excluding carboxylic acids is 5. The number of nitrogens with one attached hydrogen (secondary N) is 2. The number of phenolic OH excluding ortho intramolecular Hbond substituents is 1. The Kier molecular flexibility index (Phi) is 25.4. The van der Waals surface area contributed by atoms with Gasteiger partial charge in [0.2, 0.25) is 23.6 Å². The predicted octanol–water partition coefficient (Wildman–Crippen LogP) is 9.17. The highest BCUT2D eigenvalue weighted by molar-refractivity contribution is 6.01. The van der Waals surface area contributed by atoms with E-state index in [-0.39, 0.29) is 68.2 Å². The number of ether oxygens (including phenoxy) is 2. The topological polar surface area (TPSA) is 211 Å². The van der Waals surface area contributed by atoms with E-state index in [1.807, 2.05) is 60.7 Å². The number of nitrogens with zero attached hydrogens (tertiary/aromatic N) is 3. The summed E-state index contributed by atoms with van der Waals surface area (Å²) in [5.41, 5.74) is 8.24. The largest absolute Gasteiger partial charge is 0.507 e. The zero-order valence-corrected chi connectivity index (χ0v) is 42.7. The first-order valence-corrected chi connectivity index (χ1v) is 26.6. The van der Waals surface area contributed by atoms with Crippen LogP contribution in [0, 0.1) is 0 Å². The Morgan fingerprint density at radius 2 is 1.47 bits per heavy atom. The van der Waals surface area contributed by atoms with Gasteiger partial charge in [-0.25, -0.2) is 19.9 Å². The van der Waals surface area contributed by atoms with Crippen LogP contribution in [0.15, 0.2) is 83.9 Å². The second-order valence-electron chi connectivity index (χ2n) is 19.1. The van der Waals surface area contributed by atoms with Gasteiger partial charge in [0, 0.05) is 31.3 Å². The highest BCUT2D eigenvalue weighted by Gasteiger charge is 2.33. The molecule has 0 radical (unpaired) electrons. The standard InChI is InChI=1S/C56H80N6O10/c1-3-4-5-6-7-8-9-10-11-12-13-14-21-32-52(65)61(70-39-43-26-17-15-18-27-43)35-24-23-31-48(59-53(66)49-41-69-54(60-49)46-34-33-45(57)38-50(46)63)56(68)72-42(2)37-51(64)58-47-30-22-25-36-62(55(47)67)71-40-44-28-19-16-20-29-44/h15-20,26-29,33-34,38,42,47-49,63H,3-14,21-25,30-32,35-37,39-41,57H2,1-2H3,(H,58,64)(H,59,66)/t42-,47+,48+,49+/m1/s1. The third-order valence-corrected chi connectivity index (χ3v) is 12.9. The molecule has 0 saturated carbocycles. The zero-order chi connectivity index (χ0) is 51.3. The van der Waals surface area contributed by atoms with E-state index in [9.17, 15) is 29.1 Å². The van der Waals surface area contributed by atoms with Crippen LogP contribution in [0.1, 0.15) is 165 Å². The maximum Gasteiger partial charge on any atom is 0.328 e. The van der Waals surface area contributed by atoms with Gasteiger partial charge < -0.3 is 30.9 Å². The van der Waals surface area contributed by atoms with Gasteiger partial charge in [0.1, 0.15) is 43.8 Å². The van der Waals surface area contributed by atoms with E-state index in [4.69, 9.17) is 24.9 Å². The fourth-order valence-electron chi connectivity index (χ4n) is 8.75. The summed E-state index contributed by atoms with van der Waals surface area (Å²) in [5, 5.41) is 18.8. The van der Waals surface area contributed by atoms with Crippen LogP contribution in [0.4, 0.5) is 5.69 Å². The van der Waals surface area contributed by atoms with Crippen LogP contribution < -0.4 is 16.4 Å². The number of rotatable bonds is 33. The van der Waals surface area contributed by atoms with Crippen molar-refractivity contribution >= 4 is 41.2 Å². The van der Waals surface area contributed by atoms with Crippen molar-refractivity contribution in [2.75, 3.05) is 25.4 Å². The van der Waals surface area contributed by atoms with Gasteiger partial charge in [0.25, 0.3) is 5.91 Å². The van der Waals surface area contributed by atoms with Crippen molar-refractivity contribution in [2.24, 2.45) is 4.99 Å². The van der Waals surface area contributed by atoms with Crippen LogP contribution >= 0.6 is 0 Å². The molecule has 2 aliphatic rings. The molecule has 5 rings (SSSR count). The number of unbranched alkanes of at least 4 members (excludes halogenated alkanes) is 13. The normalized spacial score (nSPS) is 16.5. The molecule has 0 spiro atoms. The first-order chi connectivity index (χ1) is 35.0. The number of carbonyl (C=O) groups is 5. The van der Waals surface area contributed by atoms with E-state index in [1.54, 1.807) is 19.1 Å². The van der Waals surface area contributed by atoms with Crippen molar-refractivity contribution in [3.05, 3.63) is 95.6 Å². The maximum atomic E-state index is 13.9. The third-order valence-electron chi connectivity index (χ3n) is 12.9. The van der Waals surface area contributed by atoms with Crippen molar-refractivity contribution in [3.8, 4) is 5.75 Å². The molecule has 394 valence electrons. The number of esters is 1. The van der Waals surface area contributed by atoms with Gasteiger partial charge in [-0.05, 0) is 75.1 Å². The molecular weight excluding hydrogens is 917 g/mol. The fourth-order valence-corrected chi connectivity index (χ4v) is 8.75. The average Bonchev–Trinajstić information content (AvgIpc) is 3.80. The lowest BCUT2D eigenvalue weighted by atomic mass is 10.0. The van der Waals surface area contributed by atoms with E-state index in [1.165, 1.54) is 80.4 Å². The molecule has 72 heavy (non-hydrogen) atoms. The molecule has 2 aliphatic heterocycles. The van der Waals surface area contributed by atoms with E-state index < -0.39 is 42.0 Å². The summed E-state index contributed by atoms with van der Waals surface area (Å²) in [5.74, 6) is -2.38. The molecule has 1 saturated heterocycles. The van der Waals surface area contributed by atoms with Crippen molar-refractivity contribution in [1.29, 1.82) is 0 Å². The molecule has 0 aromatic heterocycles. The van der Waals surface area contributed by atoms with Gasteiger partial charge in [-0.1, -0.05) is 145 Å². The quantitative estimate of drug-likeness (QED) is 0.0196. The number of nitrogen functional groups attached to an aromatic ring is 1. The number of hydrogen-bond donors (Lipinski definition) is 4. The fraction of sp³-hybridized carbons (Fsp3) is 0.571. The molecule has 2 heterocycles. The van der Waals surface area contributed by atoms with E-state index in [2.05, 4.69) is 22.5 Å². The molecule has 4 amide bonds. The van der Waals surface area contributed by atoms with E-state index >= 15 is 0 Å². The Bertz CT molecular complexity index is 2140. The summed E-state index contributed by atoms with van der Waals surface area (Å²) in [6, 6.07) is 20.6. The molecule has 4 atom stereocenters. The number of hydrogen-bond acceptors (Lipinski definition) is 12. The maximum absolute atomic E-state index is 13.9. The van der Waals surface area contributed by atoms with Crippen molar-refractivity contribution in [3.63, 3.8) is 0 Å². The number of benzene rings is 3.